The van der Waals surface area contributed by atoms with Crippen LogP contribution in [0.5, 0.6) is 5.75 Å². The zero-order valence-electron chi connectivity index (χ0n) is 16.4. The van der Waals surface area contributed by atoms with Crippen molar-refractivity contribution in [2.45, 2.75) is 19.9 Å². The number of aliphatic imine (C=N–C) groups is 2. The molecule has 0 spiro atoms. The van der Waals surface area contributed by atoms with Gasteiger partial charge in [-0.3, -0.25) is 9.89 Å². The number of hydrogen-bond donors (Lipinski definition) is 0. The summed E-state index contributed by atoms with van der Waals surface area (Å²) in [6.45, 7) is 6.95. The number of fused-ring (bicyclic) bond motifs is 1. The van der Waals surface area contributed by atoms with Gasteiger partial charge in [0.2, 0.25) is 0 Å². The average Bonchev–Trinajstić information content (AvgIpc) is 2.86. The standard InChI is InChI=1S/C22H25ClN4O/c1-16-12-22(25-21-14-18(23)6-7-20(21)24-16)27-10-8-26(9-11-27)15-17-4-3-5-19(13-17)28-2/h3-7,13-14H,8-12,15H2,1-2H3. The van der Waals surface area contributed by atoms with Crippen molar-refractivity contribution in [2.75, 3.05) is 33.3 Å². The second-order valence-electron chi connectivity index (χ2n) is 7.30. The van der Waals surface area contributed by atoms with E-state index >= 15 is 0 Å². The summed E-state index contributed by atoms with van der Waals surface area (Å²) in [6, 6.07) is 14.0. The summed E-state index contributed by atoms with van der Waals surface area (Å²) in [5.41, 5.74) is 4.12. The number of hydrogen-bond acceptors (Lipinski definition) is 5. The number of benzene rings is 2. The summed E-state index contributed by atoms with van der Waals surface area (Å²) in [6.07, 6.45) is 0.780. The lowest BCUT2D eigenvalue weighted by Gasteiger charge is -2.36. The van der Waals surface area contributed by atoms with Gasteiger partial charge in [-0.1, -0.05) is 23.7 Å². The van der Waals surface area contributed by atoms with Gasteiger partial charge in [-0.15, -0.1) is 0 Å². The van der Waals surface area contributed by atoms with Gasteiger partial charge in [0.1, 0.15) is 11.6 Å². The summed E-state index contributed by atoms with van der Waals surface area (Å²) < 4.78 is 5.34. The van der Waals surface area contributed by atoms with E-state index in [0.717, 1.165) is 67.8 Å². The second kappa shape index (κ2) is 8.33. The SMILES string of the molecule is COc1cccc(CN2CCN(C3=Nc4cc(Cl)ccc4N=C(C)C3)CC2)c1. The Morgan fingerprint density at radius 3 is 2.61 bits per heavy atom. The van der Waals surface area contributed by atoms with E-state index < -0.39 is 0 Å². The van der Waals surface area contributed by atoms with Gasteiger partial charge in [-0.25, -0.2) is 4.99 Å². The monoisotopic (exact) mass is 396 g/mol. The number of ether oxygens (including phenoxy) is 1. The molecule has 28 heavy (non-hydrogen) atoms. The molecule has 4 rings (SSSR count). The summed E-state index contributed by atoms with van der Waals surface area (Å²) >= 11 is 6.17. The molecule has 5 nitrogen and oxygen atoms in total. The van der Waals surface area contributed by atoms with Crippen LogP contribution in [0.25, 0.3) is 0 Å². The van der Waals surface area contributed by atoms with Crippen LogP contribution in [0.3, 0.4) is 0 Å². The maximum atomic E-state index is 6.17. The molecule has 2 aromatic carbocycles. The van der Waals surface area contributed by atoms with E-state index in [1.807, 2.05) is 24.3 Å². The molecule has 1 saturated heterocycles. The van der Waals surface area contributed by atoms with Gasteiger partial charge < -0.3 is 9.64 Å². The summed E-state index contributed by atoms with van der Waals surface area (Å²) in [5, 5.41) is 0.694. The number of rotatable bonds is 3. The van der Waals surface area contributed by atoms with Crippen molar-refractivity contribution in [3.05, 3.63) is 53.1 Å². The maximum absolute atomic E-state index is 6.17. The predicted octanol–water partition coefficient (Wildman–Crippen LogP) is 4.69. The lowest BCUT2D eigenvalue weighted by molar-refractivity contribution is 0.174. The first-order valence-corrected chi connectivity index (χ1v) is 10.00. The zero-order valence-corrected chi connectivity index (χ0v) is 17.1. The molecule has 2 aliphatic heterocycles. The Bertz CT molecular complexity index is 917. The second-order valence-corrected chi connectivity index (χ2v) is 7.74. The van der Waals surface area contributed by atoms with E-state index in [4.69, 9.17) is 26.3 Å². The van der Waals surface area contributed by atoms with Crippen molar-refractivity contribution in [3.8, 4) is 5.75 Å². The Morgan fingerprint density at radius 1 is 1.00 bits per heavy atom. The lowest BCUT2D eigenvalue weighted by Crippen LogP contribution is -2.48. The minimum atomic E-state index is 0.694. The fourth-order valence-corrected chi connectivity index (χ4v) is 3.88. The molecule has 0 aromatic heterocycles. The Hall–Kier alpha value is -2.37. The van der Waals surface area contributed by atoms with Crippen molar-refractivity contribution < 1.29 is 4.74 Å². The highest BCUT2D eigenvalue weighted by Gasteiger charge is 2.22. The highest BCUT2D eigenvalue weighted by atomic mass is 35.5. The van der Waals surface area contributed by atoms with Crippen LogP contribution in [-0.2, 0) is 6.54 Å². The van der Waals surface area contributed by atoms with Crippen molar-refractivity contribution in [2.24, 2.45) is 9.98 Å². The van der Waals surface area contributed by atoms with Gasteiger partial charge in [0.15, 0.2) is 0 Å². The van der Waals surface area contributed by atoms with Crippen LogP contribution < -0.4 is 4.74 Å². The fraction of sp³-hybridized carbons (Fsp3) is 0.364. The van der Waals surface area contributed by atoms with Gasteiger partial charge >= 0.3 is 0 Å². The topological polar surface area (TPSA) is 40.4 Å². The molecular weight excluding hydrogens is 372 g/mol. The molecule has 0 bridgehead atoms. The van der Waals surface area contributed by atoms with Crippen LogP contribution in [0.2, 0.25) is 5.02 Å². The molecule has 0 amide bonds. The van der Waals surface area contributed by atoms with Crippen LogP contribution >= 0.6 is 11.6 Å². The van der Waals surface area contributed by atoms with Gasteiger partial charge in [-0.2, -0.15) is 0 Å². The largest absolute Gasteiger partial charge is 0.497 e. The molecule has 0 unspecified atom stereocenters. The fourth-order valence-electron chi connectivity index (χ4n) is 3.71. The van der Waals surface area contributed by atoms with E-state index in [1.54, 1.807) is 7.11 Å². The van der Waals surface area contributed by atoms with Crippen LogP contribution in [-0.4, -0.2) is 54.6 Å². The molecule has 6 heteroatoms. The number of methoxy groups -OCH3 is 1. The molecule has 2 aromatic rings. The highest BCUT2D eigenvalue weighted by Crippen LogP contribution is 2.33. The molecule has 2 heterocycles. The zero-order chi connectivity index (χ0) is 19.5. The van der Waals surface area contributed by atoms with Gasteiger partial charge in [-0.05, 0) is 42.8 Å². The molecule has 0 radical (unpaired) electrons. The van der Waals surface area contributed by atoms with Crippen LogP contribution in [0.1, 0.15) is 18.9 Å². The first kappa shape index (κ1) is 19.0. The Balaban J connectivity index is 1.44. The lowest BCUT2D eigenvalue weighted by atomic mass is 10.1. The molecule has 146 valence electrons. The average molecular weight is 397 g/mol. The van der Waals surface area contributed by atoms with Gasteiger partial charge in [0, 0.05) is 49.9 Å². The third-order valence-electron chi connectivity index (χ3n) is 5.19. The smallest absolute Gasteiger partial charge is 0.119 e. The summed E-state index contributed by atoms with van der Waals surface area (Å²) in [5.74, 6) is 2.00. The third-order valence-corrected chi connectivity index (χ3v) is 5.42. The van der Waals surface area contributed by atoms with Crippen molar-refractivity contribution in [1.29, 1.82) is 0 Å². The Labute approximate surface area is 171 Å². The predicted molar refractivity (Wildman–Crippen MR) is 116 cm³/mol. The number of amidine groups is 1. The van der Waals surface area contributed by atoms with Crippen LogP contribution in [0, 0.1) is 0 Å². The van der Waals surface area contributed by atoms with E-state index in [-0.39, 0.29) is 0 Å². The van der Waals surface area contributed by atoms with Crippen molar-refractivity contribution in [3.63, 3.8) is 0 Å². The summed E-state index contributed by atoms with van der Waals surface area (Å²) in [7, 11) is 1.71. The number of piperazine rings is 1. The quantitative estimate of drug-likeness (QED) is 0.755. The minimum absolute atomic E-state index is 0.694. The molecule has 1 fully saturated rings. The first-order valence-electron chi connectivity index (χ1n) is 9.62. The summed E-state index contributed by atoms with van der Waals surface area (Å²) in [4.78, 5) is 14.5. The molecule has 0 aliphatic carbocycles. The maximum Gasteiger partial charge on any atom is 0.119 e. The molecular formula is C22H25ClN4O. The van der Waals surface area contributed by atoms with E-state index in [9.17, 15) is 0 Å². The molecule has 0 N–H and O–H groups in total. The molecule has 0 saturated carbocycles. The van der Waals surface area contributed by atoms with Crippen molar-refractivity contribution in [1.82, 2.24) is 9.80 Å². The van der Waals surface area contributed by atoms with E-state index in [1.165, 1.54) is 5.56 Å². The van der Waals surface area contributed by atoms with E-state index in [2.05, 4.69) is 34.9 Å². The normalized spacial score (nSPS) is 17.5. The van der Waals surface area contributed by atoms with Crippen LogP contribution in [0.4, 0.5) is 11.4 Å². The van der Waals surface area contributed by atoms with Gasteiger partial charge in [0.25, 0.3) is 0 Å². The van der Waals surface area contributed by atoms with Gasteiger partial charge in [0.05, 0.1) is 18.5 Å². The Morgan fingerprint density at radius 2 is 1.82 bits per heavy atom. The molecule has 2 aliphatic rings. The van der Waals surface area contributed by atoms with Crippen LogP contribution in [0.15, 0.2) is 52.4 Å². The first-order chi connectivity index (χ1) is 13.6. The Kier molecular flexibility index (Phi) is 5.64. The highest BCUT2D eigenvalue weighted by molar-refractivity contribution is 6.31. The number of halogens is 1. The molecule has 0 atom stereocenters. The third kappa shape index (κ3) is 4.37. The number of nitrogens with zero attached hydrogens (tertiary/aromatic N) is 4. The van der Waals surface area contributed by atoms with Crippen molar-refractivity contribution >= 4 is 34.5 Å². The van der Waals surface area contributed by atoms with E-state index in [0.29, 0.717) is 5.02 Å². The minimum Gasteiger partial charge on any atom is -0.497 e.